The highest BCUT2D eigenvalue weighted by molar-refractivity contribution is 6.00. The van der Waals surface area contributed by atoms with E-state index in [0.717, 1.165) is 5.56 Å². The van der Waals surface area contributed by atoms with E-state index >= 15 is 0 Å². The molecule has 0 aliphatic rings. The number of nitrogens with two attached hydrogens (primary N) is 1. The van der Waals surface area contributed by atoms with Gasteiger partial charge in [0.2, 0.25) is 0 Å². The Kier molecular flexibility index (Phi) is 4.67. The van der Waals surface area contributed by atoms with E-state index in [9.17, 15) is 9.59 Å². The molecule has 1 atom stereocenters. The van der Waals surface area contributed by atoms with Crippen LogP contribution in [0, 0.1) is 0 Å². The molecule has 0 saturated heterocycles. The third-order valence-electron chi connectivity index (χ3n) is 2.46. The number of benzene rings is 1. The van der Waals surface area contributed by atoms with Gasteiger partial charge in [-0.1, -0.05) is 12.1 Å². The Labute approximate surface area is 105 Å². The number of amides is 1. The Balaban J connectivity index is 2.71. The molecular weight excluding hydrogens is 236 g/mol. The van der Waals surface area contributed by atoms with Crippen LogP contribution in [-0.4, -0.2) is 42.1 Å². The highest BCUT2D eigenvalue weighted by Gasteiger charge is 2.24. The normalized spacial score (nSPS) is 11.7. The first kappa shape index (κ1) is 14.0. The van der Waals surface area contributed by atoms with Crippen molar-refractivity contribution < 1.29 is 19.4 Å². The average molecular weight is 252 g/mol. The molecule has 6 nitrogen and oxygen atoms in total. The highest BCUT2D eigenvalue weighted by atomic mass is 16.5. The van der Waals surface area contributed by atoms with E-state index in [1.54, 1.807) is 25.3 Å². The molecule has 6 heteroatoms. The fraction of sp³-hybridized carbons (Fsp3) is 0.333. The fourth-order valence-corrected chi connectivity index (χ4v) is 1.47. The molecule has 0 radical (unpaired) electrons. The minimum Gasteiger partial charge on any atom is -0.497 e. The number of ether oxygens (including phenoxy) is 1. The summed E-state index contributed by atoms with van der Waals surface area (Å²) in [5.74, 6) is -1.29. The molecule has 0 aliphatic heterocycles. The number of aliphatic carboxylic acids is 1. The quantitative estimate of drug-likeness (QED) is 0.723. The Morgan fingerprint density at radius 2 is 2.17 bits per heavy atom. The van der Waals surface area contributed by atoms with Gasteiger partial charge in [0.15, 0.2) is 6.04 Å². The second kappa shape index (κ2) is 6.02. The summed E-state index contributed by atoms with van der Waals surface area (Å²) in [5.41, 5.74) is 6.09. The van der Waals surface area contributed by atoms with Gasteiger partial charge in [-0.05, 0) is 17.7 Å². The minimum atomic E-state index is -1.53. The number of carbonyl (C=O) groups excluding carboxylic acids is 1. The van der Waals surface area contributed by atoms with Gasteiger partial charge in [0.05, 0.1) is 7.11 Å². The van der Waals surface area contributed by atoms with E-state index in [-0.39, 0.29) is 6.54 Å². The second-order valence-electron chi connectivity index (χ2n) is 3.86. The maximum atomic E-state index is 11.6. The van der Waals surface area contributed by atoms with E-state index in [4.69, 9.17) is 15.6 Å². The van der Waals surface area contributed by atoms with Gasteiger partial charge < -0.3 is 20.5 Å². The summed E-state index contributed by atoms with van der Waals surface area (Å²) in [6.45, 7) is 0.275. The largest absolute Gasteiger partial charge is 0.497 e. The number of hydrogen-bond acceptors (Lipinski definition) is 4. The van der Waals surface area contributed by atoms with Gasteiger partial charge in [0.1, 0.15) is 5.75 Å². The van der Waals surface area contributed by atoms with Crippen molar-refractivity contribution in [1.82, 2.24) is 4.90 Å². The topological polar surface area (TPSA) is 92.9 Å². The summed E-state index contributed by atoms with van der Waals surface area (Å²) in [7, 11) is 3.05. The van der Waals surface area contributed by atoms with Gasteiger partial charge in [0.25, 0.3) is 5.91 Å². The first-order valence-corrected chi connectivity index (χ1v) is 5.32. The van der Waals surface area contributed by atoms with Crippen molar-refractivity contribution in [1.29, 1.82) is 0 Å². The van der Waals surface area contributed by atoms with Crippen molar-refractivity contribution >= 4 is 11.9 Å². The van der Waals surface area contributed by atoms with Crippen LogP contribution in [0.4, 0.5) is 0 Å². The molecule has 0 bridgehead atoms. The maximum Gasteiger partial charge on any atom is 0.330 e. The van der Waals surface area contributed by atoms with Gasteiger partial charge in [-0.2, -0.15) is 0 Å². The number of likely N-dealkylation sites (N-methyl/N-ethyl adjacent to an activating group) is 1. The number of carbonyl (C=O) groups is 2. The second-order valence-corrected chi connectivity index (χ2v) is 3.86. The molecule has 0 heterocycles. The molecule has 3 N–H and O–H groups in total. The predicted octanol–water partition coefficient (Wildman–Crippen LogP) is 0.0655. The van der Waals surface area contributed by atoms with E-state index in [1.165, 1.54) is 11.9 Å². The van der Waals surface area contributed by atoms with Crippen LogP contribution in [-0.2, 0) is 16.1 Å². The lowest BCUT2D eigenvalue weighted by molar-refractivity contribution is -0.146. The van der Waals surface area contributed by atoms with Crippen LogP contribution in [0.3, 0.4) is 0 Å². The molecule has 0 aliphatic carbocycles. The summed E-state index contributed by atoms with van der Waals surface area (Å²) in [6, 6.07) is 5.65. The van der Waals surface area contributed by atoms with E-state index < -0.39 is 17.9 Å². The van der Waals surface area contributed by atoms with Gasteiger partial charge in [0, 0.05) is 13.6 Å². The molecule has 1 rings (SSSR count). The molecule has 0 fully saturated rings. The lowest BCUT2D eigenvalue weighted by Gasteiger charge is -2.19. The van der Waals surface area contributed by atoms with Crippen LogP contribution in [0.2, 0.25) is 0 Å². The van der Waals surface area contributed by atoms with E-state index in [1.807, 2.05) is 6.07 Å². The zero-order valence-corrected chi connectivity index (χ0v) is 10.3. The van der Waals surface area contributed by atoms with Gasteiger partial charge in [-0.3, -0.25) is 4.79 Å². The summed E-state index contributed by atoms with van der Waals surface area (Å²) in [6.07, 6.45) is 0. The highest BCUT2D eigenvalue weighted by Crippen LogP contribution is 2.14. The van der Waals surface area contributed by atoms with Crippen molar-refractivity contribution in [2.45, 2.75) is 12.6 Å². The Morgan fingerprint density at radius 1 is 1.50 bits per heavy atom. The van der Waals surface area contributed by atoms with Crippen molar-refractivity contribution in [2.24, 2.45) is 5.73 Å². The molecule has 1 aromatic carbocycles. The average Bonchev–Trinajstić information content (AvgIpc) is 2.36. The molecule has 1 amide bonds. The van der Waals surface area contributed by atoms with Crippen molar-refractivity contribution in [3.63, 3.8) is 0 Å². The van der Waals surface area contributed by atoms with Crippen molar-refractivity contribution in [3.8, 4) is 5.75 Å². The Bertz CT molecular complexity index is 447. The van der Waals surface area contributed by atoms with Gasteiger partial charge in [-0.15, -0.1) is 0 Å². The zero-order valence-electron chi connectivity index (χ0n) is 10.3. The molecule has 0 aromatic heterocycles. The SMILES string of the molecule is COc1cccc(CN(C)C(=O)C(N)C(=O)O)c1. The van der Waals surface area contributed by atoms with Crippen molar-refractivity contribution in [3.05, 3.63) is 29.8 Å². The summed E-state index contributed by atoms with van der Waals surface area (Å²) in [5, 5.41) is 8.66. The van der Waals surface area contributed by atoms with Gasteiger partial charge >= 0.3 is 5.97 Å². The van der Waals surface area contributed by atoms with Crippen LogP contribution in [0.1, 0.15) is 5.56 Å². The zero-order chi connectivity index (χ0) is 13.7. The molecule has 1 aromatic rings. The number of carboxylic acid groups (broad SMARTS) is 1. The standard InChI is InChI=1S/C12H16N2O4/c1-14(11(15)10(13)12(16)17)7-8-4-3-5-9(6-8)18-2/h3-6,10H,7,13H2,1-2H3,(H,16,17). The third-order valence-corrected chi connectivity index (χ3v) is 2.46. The van der Waals surface area contributed by atoms with Crippen LogP contribution in [0.15, 0.2) is 24.3 Å². The lowest BCUT2D eigenvalue weighted by atomic mass is 10.2. The molecule has 18 heavy (non-hydrogen) atoms. The van der Waals surface area contributed by atoms with E-state index in [2.05, 4.69) is 0 Å². The van der Waals surface area contributed by atoms with Crippen LogP contribution in [0.5, 0.6) is 5.75 Å². The Morgan fingerprint density at radius 3 is 2.72 bits per heavy atom. The lowest BCUT2D eigenvalue weighted by Crippen LogP contribution is -2.46. The number of carboxylic acids is 1. The summed E-state index contributed by atoms with van der Waals surface area (Å²) >= 11 is 0. The maximum absolute atomic E-state index is 11.6. The number of rotatable bonds is 5. The Hall–Kier alpha value is -2.08. The number of nitrogens with zero attached hydrogens (tertiary/aromatic N) is 1. The smallest absolute Gasteiger partial charge is 0.330 e. The predicted molar refractivity (Wildman–Crippen MR) is 65.1 cm³/mol. The van der Waals surface area contributed by atoms with Crippen molar-refractivity contribution in [2.75, 3.05) is 14.2 Å². The van der Waals surface area contributed by atoms with Crippen LogP contribution >= 0.6 is 0 Å². The summed E-state index contributed by atoms with van der Waals surface area (Å²) < 4.78 is 5.06. The minimum absolute atomic E-state index is 0.275. The fourth-order valence-electron chi connectivity index (χ4n) is 1.47. The third kappa shape index (κ3) is 3.46. The monoisotopic (exact) mass is 252 g/mol. The first-order chi connectivity index (χ1) is 8.45. The molecular formula is C12H16N2O4. The van der Waals surface area contributed by atoms with E-state index in [0.29, 0.717) is 5.75 Å². The summed E-state index contributed by atoms with van der Waals surface area (Å²) in [4.78, 5) is 23.5. The molecule has 98 valence electrons. The molecule has 0 saturated carbocycles. The molecule has 0 spiro atoms. The first-order valence-electron chi connectivity index (χ1n) is 5.32. The number of methoxy groups -OCH3 is 1. The van der Waals surface area contributed by atoms with Crippen LogP contribution < -0.4 is 10.5 Å². The van der Waals surface area contributed by atoms with Crippen LogP contribution in [0.25, 0.3) is 0 Å². The number of hydrogen-bond donors (Lipinski definition) is 2. The van der Waals surface area contributed by atoms with Gasteiger partial charge in [-0.25, -0.2) is 4.79 Å². The molecule has 1 unspecified atom stereocenters.